The zero-order valence-corrected chi connectivity index (χ0v) is 11.7. The third-order valence-corrected chi connectivity index (χ3v) is 3.19. The first kappa shape index (κ1) is 13.5. The van der Waals surface area contributed by atoms with Gasteiger partial charge in [0, 0.05) is 5.56 Å². The fraction of sp³-hybridized carbons (Fsp3) is 0. The van der Waals surface area contributed by atoms with Crippen LogP contribution in [0.25, 0.3) is 0 Å². The number of benzene rings is 2. The van der Waals surface area contributed by atoms with E-state index in [1.807, 2.05) is 0 Å². The highest BCUT2D eigenvalue weighted by Gasteiger charge is 2.19. The van der Waals surface area contributed by atoms with Gasteiger partial charge in [-0.15, -0.1) is 0 Å². The molecule has 2 aromatic carbocycles. The van der Waals surface area contributed by atoms with Gasteiger partial charge in [-0.1, -0.05) is 18.2 Å². The number of nitrogens with zero attached hydrogens (tertiary/aromatic N) is 1. The van der Waals surface area contributed by atoms with Gasteiger partial charge in [-0.3, -0.25) is 4.79 Å². The first-order valence-corrected chi connectivity index (χ1v) is 6.35. The smallest absolute Gasteiger partial charge is 0.182 e. The van der Waals surface area contributed by atoms with Gasteiger partial charge in [-0.05, 0) is 40.8 Å². The van der Waals surface area contributed by atoms with Crippen LogP contribution in [0, 0.1) is 20.7 Å². The molecule has 0 amide bonds. The molecule has 0 bridgehead atoms. The highest BCUT2D eigenvalue weighted by atomic mass is 127. The first-order chi connectivity index (χ1) is 9.17. The first-order valence-electron chi connectivity index (χ1n) is 5.27. The number of ether oxygens (including phenoxy) is 1. The zero-order chi connectivity index (χ0) is 13.8. The van der Waals surface area contributed by atoms with Crippen molar-refractivity contribution >= 4 is 28.9 Å². The van der Waals surface area contributed by atoms with Gasteiger partial charge in [0.15, 0.2) is 17.9 Å². The lowest BCUT2D eigenvalue weighted by Crippen LogP contribution is -1.99. The van der Waals surface area contributed by atoms with Crippen molar-refractivity contribution in [2.75, 3.05) is 0 Å². The van der Waals surface area contributed by atoms with Crippen LogP contribution in [0.2, 0.25) is 0 Å². The second-order valence-corrected chi connectivity index (χ2v) is 4.77. The maximum Gasteiger partial charge on any atom is 0.182 e. The summed E-state index contributed by atoms with van der Waals surface area (Å²) in [6.07, 6.45) is 0.512. The molecule has 0 heterocycles. The molecule has 19 heavy (non-hydrogen) atoms. The molecule has 0 spiro atoms. The quantitative estimate of drug-likeness (QED) is 0.611. The number of nitriles is 1. The Morgan fingerprint density at radius 1 is 1.32 bits per heavy atom. The molecule has 2 aromatic rings. The van der Waals surface area contributed by atoms with Crippen LogP contribution in [-0.4, -0.2) is 6.29 Å². The van der Waals surface area contributed by atoms with Crippen LogP contribution in [-0.2, 0) is 0 Å². The van der Waals surface area contributed by atoms with E-state index in [9.17, 15) is 9.18 Å². The Kier molecular flexibility index (Phi) is 4.12. The number of aldehydes is 1. The lowest BCUT2D eigenvalue weighted by atomic mass is 10.1. The molecule has 0 saturated heterocycles. The van der Waals surface area contributed by atoms with E-state index >= 15 is 0 Å². The third kappa shape index (κ3) is 2.74. The molecule has 0 aliphatic heterocycles. The van der Waals surface area contributed by atoms with Gasteiger partial charge in [0.25, 0.3) is 0 Å². The Hall–Kier alpha value is -1.94. The number of carbonyl (C=O) groups is 1. The van der Waals surface area contributed by atoms with Crippen molar-refractivity contribution in [3.63, 3.8) is 0 Å². The Labute approximate surface area is 122 Å². The van der Waals surface area contributed by atoms with Gasteiger partial charge in [0.2, 0.25) is 0 Å². The van der Waals surface area contributed by atoms with Crippen molar-refractivity contribution in [2.45, 2.75) is 0 Å². The normalized spacial score (nSPS) is 9.74. The lowest BCUT2D eigenvalue weighted by Gasteiger charge is -2.11. The predicted molar refractivity (Wildman–Crippen MR) is 75.7 cm³/mol. The van der Waals surface area contributed by atoms with Crippen LogP contribution in [0.1, 0.15) is 15.9 Å². The maximum atomic E-state index is 14.1. The van der Waals surface area contributed by atoms with Gasteiger partial charge < -0.3 is 4.74 Å². The molecule has 0 atom stereocenters. The van der Waals surface area contributed by atoms with Crippen molar-refractivity contribution in [2.24, 2.45) is 0 Å². The Bertz CT molecular complexity index is 665. The molecular formula is C14H7FINO2. The van der Waals surface area contributed by atoms with E-state index in [0.29, 0.717) is 12.0 Å². The van der Waals surface area contributed by atoms with E-state index in [1.54, 1.807) is 59.0 Å². The molecule has 0 fully saturated rings. The summed E-state index contributed by atoms with van der Waals surface area (Å²) in [5, 5.41) is 9.07. The average Bonchev–Trinajstić information content (AvgIpc) is 2.44. The van der Waals surface area contributed by atoms with Crippen molar-refractivity contribution in [3.05, 3.63) is 56.9 Å². The highest BCUT2D eigenvalue weighted by Crippen LogP contribution is 2.32. The summed E-state index contributed by atoms with van der Waals surface area (Å²) in [5.74, 6) is -0.467. The van der Waals surface area contributed by atoms with E-state index in [1.165, 1.54) is 6.07 Å². The minimum Gasteiger partial charge on any atom is -0.453 e. The number of para-hydroxylation sites is 1. The fourth-order valence-corrected chi connectivity index (χ4v) is 2.11. The molecule has 0 N–H and O–H groups in total. The van der Waals surface area contributed by atoms with Gasteiger partial charge in [0.1, 0.15) is 17.4 Å². The largest absolute Gasteiger partial charge is 0.453 e. The number of hydrogen-bond donors (Lipinski definition) is 0. The van der Waals surface area contributed by atoms with Crippen molar-refractivity contribution in [1.82, 2.24) is 0 Å². The Morgan fingerprint density at radius 3 is 2.58 bits per heavy atom. The summed E-state index contributed by atoms with van der Waals surface area (Å²) in [6, 6.07) is 11.7. The number of carbonyl (C=O) groups excluding carboxylic acids is 1. The molecule has 2 rings (SSSR count). The van der Waals surface area contributed by atoms with Gasteiger partial charge >= 0.3 is 0 Å². The van der Waals surface area contributed by atoms with Gasteiger partial charge in [-0.2, -0.15) is 5.26 Å². The van der Waals surface area contributed by atoms with Crippen LogP contribution in [0.4, 0.5) is 4.39 Å². The molecule has 0 aromatic heterocycles. The van der Waals surface area contributed by atoms with Crippen LogP contribution >= 0.6 is 22.6 Å². The summed E-state index contributed by atoms with van der Waals surface area (Å²) >= 11 is 1.75. The molecule has 0 aliphatic rings. The highest BCUT2D eigenvalue weighted by molar-refractivity contribution is 14.1. The number of halogens is 2. The third-order valence-electron chi connectivity index (χ3n) is 2.41. The summed E-state index contributed by atoms with van der Waals surface area (Å²) in [6.45, 7) is 0. The Balaban J connectivity index is 2.58. The summed E-state index contributed by atoms with van der Waals surface area (Å²) in [4.78, 5) is 10.9. The fourth-order valence-electron chi connectivity index (χ4n) is 1.53. The molecule has 3 nitrogen and oxygen atoms in total. The van der Waals surface area contributed by atoms with E-state index < -0.39 is 5.82 Å². The van der Waals surface area contributed by atoms with Crippen LogP contribution < -0.4 is 4.74 Å². The standard InChI is InChI=1S/C14H7FINO2/c15-13-12(16)6-9(8-18)11(7-17)14(13)19-10-4-2-1-3-5-10/h1-6,8H. The molecule has 0 saturated carbocycles. The van der Waals surface area contributed by atoms with Crippen LogP contribution in [0.15, 0.2) is 36.4 Å². The minimum atomic E-state index is -0.647. The molecule has 0 unspecified atom stereocenters. The van der Waals surface area contributed by atoms with Gasteiger partial charge in [-0.25, -0.2) is 4.39 Å². The summed E-state index contributed by atoms with van der Waals surface area (Å²) < 4.78 is 19.7. The maximum absolute atomic E-state index is 14.1. The molecular weight excluding hydrogens is 360 g/mol. The second kappa shape index (κ2) is 5.80. The van der Waals surface area contributed by atoms with Crippen LogP contribution in [0.5, 0.6) is 11.5 Å². The lowest BCUT2D eigenvalue weighted by molar-refractivity contribution is 0.112. The van der Waals surface area contributed by atoms with E-state index in [0.717, 1.165) is 0 Å². The summed E-state index contributed by atoms with van der Waals surface area (Å²) in [7, 11) is 0. The molecule has 0 aliphatic carbocycles. The van der Waals surface area contributed by atoms with Crippen molar-refractivity contribution in [3.8, 4) is 17.6 Å². The Morgan fingerprint density at radius 2 is 2.00 bits per heavy atom. The van der Waals surface area contributed by atoms with E-state index in [4.69, 9.17) is 10.00 Å². The van der Waals surface area contributed by atoms with Crippen molar-refractivity contribution in [1.29, 1.82) is 5.26 Å². The molecule has 5 heteroatoms. The number of hydrogen-bond acceptors (Lipinski definition) is 3. The topological polar surface area (TPSA) is 50.1 Å². The minimum absolute atomic E-state index is 0.100. The van der Waals surface area contributed by atoms with Crippen LogP contribution in [0.3, 0.4) is 0 Å². The molecule has 0 radical (unpaired) electrons. The summed E-state index contributed by atoms with van der Waals surface area (Å²) in [5.41, 5.74) is 0.0102. The average molecular weight is 367 g/mol. The van der Waals surface area contributed by atoms with E-state index in [2.05, 4.69) is 0 Å². The number of rotatable bonds is 3. The molecule has 94 valence electrons. The SMILES string of the molecule is N#Cc1c(C=O)cc(I)c(F)c1Oc1ccccc1. The van der Waals surface area contributed by atoms with Crippen molar-refractivity contribution < 1.29 is 13.9 Å². The van der Waals surface area contributed by atoms with Gasteiger partial charge in [0.05, 0.1) is 3.57 Å². The predicted octanol–water partition coefficient (Wildman–Crippen LogP) is 3.91. The zero-order valence-electron chi connectivity index (χ0n) is 9.56. The monoisotopic (exact) mass is 367 g/mol. The van der Waals surface area contributed by atoms with E-state index in [-0.39, 0.29) is 20.4 Å². The second-order valence-electron chi connectivity index (χ2n) is 3.61.